The van der Waals surface area contributed by atoms with Gasteiger partial charge < -0.3 is 0 Å². The number of alkyl halides is 3. The Bertz CT molecular complexity index is 915. The van der Waals surface area contributed by atoms with Crippen LogP contribution >= 0.6 is 0 Å². The van der Waals surface area contributed by atoms with E-state index in [-0.39, 0.29) is 12.5 Å². The van der Waals surface area contributed by atoms with E-state index in [2.05, 4.69) is 20.5 Å². The first kappa shape index (κ1) is 17.6. The van der Waals surface area contributed by atoms with Crippen molar-refractivity contribution in [2.45, 2.75) is 26.2 Å². The van der Waals surface area contributed by atoms with Gasteiger partial charge in [-0.15, -0.1) is 5.10 Å². The van der Waals surface area contributed by atoms with E-state index < -0.39 is 17.8 Å². The Balaban J connectivity index is 1.59. The third-order valence-corrected chi connectivity index (χ3v) is 3.62. The lowest BCUT2D eigenvalue weighted by atomic mass is 10.1. The van der Waals surface area contributed by atoms with Crippen LogP contribution in [0.4, 0.5) is 19.1 Å². The maximum atomic E-state index is 12.5. The van der Waals surface area contributed by atoms with Gasteiger partial charge in [-0.05, 0) is 24.1 Å². The number of carbonyl (C=O) groups is 1. The zero-order valence-corrected chi connectivity index (χ0v) is 13.7. The van der Waals surface area contributed by atoms with Gasteiger partial charge in [0.05, 0.1) is 6.54 Å². The summed E-state index contributed by atoms with van der Waals surface area (Å²) < 4.78 is 40.0. The molecule has 0 bridgehead atoms. The molecule has 0 radical (unpaired) electrons. The summed E-state index contributed by atoms with van der Waals surface area (Å²) in [7, 11) is 0. The smallest absolute Gasteiger partial charge is 0.292 e. The summed E-state index contributed by atoms with van der Waals surface area (Å²) in [4.78, 5) is 15.9. The molecule has 2 heterocycles. The largest absolute Gasteiger partial charge is 0.435 e. The minimum atomic E-state index is -4.54. The molecule has 3 aromatic rings. The van der Waals surface area contributed by atoms with Crippen LogP contribution in [0.5, 0.6) is 0 Å². The molecule has 2 aromatic heterocycles. The molecule has 10 heteroatoms. The summed E-state index contributed by atoms with van der Waals surface area (Å²) in [6.45, 7) is 2.10. The van der Waals surface area contributed by atoms with Gasteiger partial charge in [-0.25, -0.2) is 9.67 Å². The van der Waals surface area contributed by atoms with Crippen LogP contribution in [0.25, 0.3) is 0 Å². The molecule has 0 aliphatic rings. The molecule has 0 saturated heterocycles. The van der Waals surface area contributed by atoms with Crippen molar-refractivity contribution in [2.24, 2.45) is 0 Å². The minimum absolute atomic E-state index is 0.0757. The highest BCUT2D eigenvalue weighted by Gasteiger charge is 2.33. The highest BCUT2D eigenvalue weighted by Crippen LogP contribution is 2.27. The molecular weight excluding hydrogens is 349 g/mol. The molecular formula is C16H15F3N6O. The number of amides is 1. The van der Waals surface area contributed by atoms with Crippen LogP contribution in [-0.2, 0) is 24.1 Å². The zero-order chi connectivity index (χ0) is 18.7. The average molecular weight is 364 g/mol. The number of aromatic nitrogens is 5. The number of nitrogens with one attached hydrogen (secondary N) is 1. The molecule has 1 amide bonds. The number of rotatable bonds is 5. The zero-order valence-electron chi connectivity index (χ0n) is 13.7. The lowest BCUT2D eigenvalue weighted by Gasteiger charge is -2.05. The number of nitrogens with zero attached hydrogens (tertiary/aromatic N) is 5. The van der Waals surface area contributed by atoms with Crippen molar-refractivity contribution in [2.75, 3.05) is 5.32 Å². The summed E-state index contributed by atoms with van der Waals surface area (Å²) in [5, 5.41) is 9.89. The SMILES string of the molecule is Cc1ccccc1Cn1cnc(NC(=O)Cn2ccc(C(F)(F)F)n2)n1. The molecule has 0 saturated carbocycles. The van der Waals surface area contributed by atoms with Crippen LogP contribution in [0.2, 0.25) is 0 Å². The standard InChI is InChI=1S/C16H15F3N6O/c1-11-4-2-3-5-12(11)8-25-10-20-15(23-25)21-14(26)9-24-7-6-13(22-24)16(17,18)19/h2-7,10H,8-9H2,1H3,(H,21,23,26). The molecule has 0 atom stereocenters. The van der Waals surface area contributed by atoms with Crippen LogP contribution in [0.3, 0.4) is 0 Å². The quantitative estimate of drug-likeness (QED) is 0.755. The third kappa shape index (κ3) is 4.26. The Hall–Kier alpha value is -3.17. The fraction of sp³-hybridized carbons (Fsp3) is 0.250. The van der Waals surface area contributed by atoms with Crippen molar-refractivity contribution < 1.29 is 18.0 Å². The molecule has 1 aromatic carbocycles. The lowest BCUT2D eigenvalue weighted by molar-refractivity contribution is -0.141. The van der Waals surface area contributed by atoms with E-state index in [0.717, 1.165) is 28.1 Å². The second-order valence-corrected chi connectivity index (χ2v) is 5.64. The second kappa shape index (κ2) is 6.98. The Morgan fingerprint density at radius 1 is 1.15 bits per heavy atom. The maximum Gasteiger partial charge on any atom is 0.435 e. The number of aryl methyl sites for hydroxylation is 1. The molecule has 0 fully saturated rings. The van der Waals surface area contributed by atoms with Gasteiger partial charge in [0.25, 0.3) is 0 Å². The molecule has 0 spiro atoms. The third-order valence-electron chi connectivity index (χ3n) is 3.62. The van der Waals surface area contributed by atoms with Gasteiger partial charge in [-0.1, -0.05) is 24.3 Å². The normalized spacial score (nSPS) is 11.5. The first-order valence-corrected chi connectivity index (χ1v) is 7.66. The van der Waals surface area contributed by atoms with E-state index >= 15 is 0 Å². The molecule has 0 unspecified atom stereocenters. The molecule has 3 rings (SSSR count). The van der Waals surface area contributed by atoms with E-state index in [1.54, 1.807) is 4.68 Å². The van der Waals surface area contributed by atoms with Crippen molar-refractivity contribution >= 4 is 11.9 Å². The van der Waals surface area contributed by atoms with Gasteiger partial charge in [0, 0.05) is 6.20 Å². The van der Waals surface area contributed by atoms with Crippen molar-refractivity contribution in [3.05, 3.63) is 59.7 Å². The Morgan fingerprint density at radius 2 is 1.92 bits per heavy atom. The van der Waals surface area contributed by atoms with E-state index in [9.17, 15) is 18.0 Å². The first-order chi connectivity index (χ1) is 12.3. The predicted molar refractivity (Wildman–Crippen MR) is 86.2 cm³/mol. The Kier molecular flexibility index (Phi) is 4.74. The molecule has 26 heavy (non-hydrogen) atoms. The van der Waals surface area contributed by atoms with Gasteiger partial charge in [0.2, 0.25) is 11.9 Å². The van der Waals surface area contributed by atoms with Crippen LogP contribution < -0.4 is 5.32 Å². The first-order valence-electron chi connectivity index (χ1n) is 7.66. The van der Waals surface area contributed by atoms with Crippen molar-refractivity contribution in [1.29, 1.82) is 0 Å². The summed E-state index contributed by atoms with van der Waals surface area (Å²) in [6, 6.07) is 8.61. The molecule has 7 nitrogen and oxygen atoms in total. The van der Waals surface area contributed by atoms with Gasteiger partial charge in [0.15, 0.2) is 5.69 Å². The molecule has 0 aliphatic heterocycles. The fourth-order valence-corrected chi connectivity index (χ4v) is 2.30. The van der Waals surface area contributed by atoms with Gasteiger partial charge in [-0.2, -0.15) is 18.3 Å². The number of benzene rings is 1. The van der Waals surface area contributed by atoms with Crippen LogP contribution in [0.1, 0.15) is 16.8 Å². The van der Waals surface area contributed by atoms with Crippen LogP contribution in [-0.4, -0.2) is 30.5 Å². The van der Waals surface area contributed by atoms with Crippen molar-refractivity contribution in [3.8, 4) is 0 Å². The summed E-state index contributed by atoms with van der Waals surface area (Å²) in [5.74, 6) is -0.498. The molecule has 0 aliphatic carbocycles. The van der Waals surface area contributed by atoms with E-state index in [4.69, 9.17) is 0 Å². The fourth-order valence-electron chi connectivity index (χ4n) is 2.30. The van der Waals surface area contributed by atoms with Gasteiger partial charge in [0.1, 0.15) is 12.9 Å². The van der Waals surface area contributed by atoms with Crippen molar-refractivity contribution in [1.82, 2.24) is 24.5 Å². The molecule has 1 N–H and O–H groups in total. The van der Waals surface area contributed by atoms with E-state index in [0.29, 0.717) is 6.54 Å². The molecule has 136 valence electrons. The maximum absolute atomic E-state index is 12.5. The monoisotopic (exact) mass is 364 g/mol. The highest BCUT2D eigenvalue weighted by molar-refractivity contribution is 5.88. The Labute approximate surface area is 146 Å². The van der Waals surface area contributed by atoms with Crippen molar-refractivity contribution in [3.63, 3.8) is 0 Å². The number of hydrogen-bond acceptors (Lipinski definition) is 4. The predicted octanol–water partition coefficient (Wildman–Crippen LogP) is 2.49. The van der Waals surface area contributed by atoms with Crippen LogP contribution in [0, 0.1) is 6.92 Å². The van der Waals surface area contributed by atoms with E-state index in [1.807, 2.05) is 31.2 Å². The number of hydrogen-bond donors (Lipinski definition) is 1. The van der Waals surface area contributed by atoms with Crippen LogP contribution in [0.15, 0.2) is 42.9 Å². The summed E-state index contributed by atoms with van der Waals surface area (Å²) in [5.41, 5.74) is 1.12. The second-order valence-electron chi connectivity index (χ2n) is 5.64. The highest BCUT2D eigenvalue weighted by atomic mass is 19.4. The van der Waals surface area contributed by atoms with E-state index in [1.165, 1.54) is 6.33 Å². The lowest BCUT2D eigenvalue weighted by Crippen LogP contribution is -2.20. The summed E-state index contributed by atoms with van der Waals surface area (Å²) in [6.07, 6.45) is -1.98. The average Bonchev–Trinajstić information content (AvgIpc) is 3.19. The minimum Gasteiger partial charge on any atom is -0.292 e. The topological polar surface area (TPSA) is 77.6 Å². The van der Waals surface area contributed by atoms with Gasteiger partial charge >= 0.3 is 6.18 Å². The van der Waals surface area contributed by atoms with Gasteiger partial charge in [-0.3, -0.25) is 14.8 Å². The Morgan fingerprint density at radius 3 is 2.62 bits per heavy atom. The summed E-state index contributed by atoms with van der Waals surface area (Å²) >= 11 is 0. The number of anilines is 1. The number of halogens is 3. The number of carbonyl (C=O) groups excluding carboxylic acids is 1.